The smallest absolute Gasteiger partial charge is 0.243 e. The van der Waals surface area contributed by atoms with Gasteiger partial charge in [-0.05, 0) is 12.8 Å². The zero-order valence-electron chi connectivity index (χ0n) is 15.9. The average molecular weight is 467 g/mol. The molecule has 2 aliphatic heterocycles. The third kappa shape index (κ3) is 7.26. The van der Waals surface area contributed by atoms with E-state index in [9.17, 15) is 4.79 Å². The van der Waals surface area contributed by atoms with Crippen molar-refractivity contribution in [1.29, 1.82) is 0 Å². The molecule has 7 nitrogen and oxygen atoms in total. The molecular formula is C17H34IN5O2. The molecule has 0 aliphatic carbocycles. The molecule has 0 saturated carbocycles. The minimum Gasteiger partial charge on any atom is -0.379 e. The number of rotatable bonds is 6. The minimum absolute atomic E-state index is 0. The first kappa shape index (κ1) is 22.4. The van der Waals surface area contributed by atoms with E-state index in [1.165, 1.54) is 0 Å². The molecule has 0 aromatic carbocycles. The van der Waals surface area contributed by atoms with Gasteiger partial charge in [0.05, 0.1) is 13.2 Å². The van der Waals surface area contributed by atoms with Crippen LogP contribution in [0.2, 0.25) is 0 Å². The van der Waals surface area contributed by atoms with Crippen LogP contribution in [0.4, 0.5) is 0 Å². The van der Waals surface area contributed by atoms with Gasteiger partial charge < -0.3 is 19.9 Å². The number of morpholine rings is 1. The van der Waals surface area contributed by atoms with E-state index in [0.717, 1.165) is 71.2 Å². The molecule has 146 valence electrons. The number of ether oxygens (including phenoxy) is 1. The molecule has 2 fully saturated rings. The first-order chi connectivity index (χ1) is 11.6. The average Bonchev–Trinajstić information content (AvgIpc) is 3.08. The lowest BCUT2D eigenvalue weighted by molar-refractivity contribution is -0.127. The van der Waals surface area contributed by atoms with Gasteiger partial charge in [-0.2, -0.15) is 0 Å². The van der Waals surface area contributed by atoms with Gasteiger partial charge in [0.1, 0.15) is 6.54 Å². The van der Waals surface area contributed by atoms with E-state index < -0.39 is 0 Å². The first-order valence-corrected chi connectivity index (χ1v) is 9.17. The number of hydrogen-bond donors (Lipinski definition) is 1. The Bertz CT molecular complexity index is 427. The highest BCUT2D eigenvalue weighted by Gasteiger charge is 2.30. The highest BCUT2D eigenvalue weighted by molar-refractivity contribution is 14.0. The van der Waals surface area contributed by atoms with Crippen molar-refractivity contribution in [3.05, 3.63) is 0 Å². The van der Waals surface area contributed by atoms with E-state index in [4.69, 9.17) is 4.74 Å². The van der Waals surface area contributed by atoms with E-state index in [0.29, 0.717) is 6.04 Å². The lowest BCUT2D eigenvalue weighted by Gasteiger charge is -2.32. The standard InChI is InChI=1S/C17H33N5O2.HI/c1-4-5-7-18-17(19-13-16(23)20(2)3)22-8-6-15(14-22)21-9-11-24-12-10-21;/h15H,4-14H2,1-3H3,(H,18,19);1H. The van der Waals surface area contributed by atoms with Crippen LogP contribution < -0.4 is 5.32 Å². The summed E-state index contributed by atoms with van der Waals surface area (Å²) in [7, 11) is 3.54. The Labute approximate surface area is 169 Å². The monoisotopic (exact) mass is 467 g/mol. The number of likely N-dealkylation sites (N-methyl/N-ethyl adjacent to an activating group) is 1. The van der Waals surface area contributed by atoms with Crippen LogP contribution in [0.25, 0.3) is 0 Å². The third-order valence-corrected chi connectivity index (χ3v) is 4.70. The van der Waals surface area contributed by atoms with Crippen LogP contribution in [0.5, 0.6) is 0 Å². The van der Waals surface area contributed by atoms with Gasteiger partial charge >= 0.3 is 0 Å². The lowest BCUT2D eigenvalue weighted by Crippen LogP contribution is -2.47. The maximum absolute atomic E-state index is 11.9. The second kappa shape index (κ2) is 11.9. The van der Waals surface area contributed by atoms with Crippen molar-refractivity contribution in [2.75, 3.05) is 66.6 Å². The van der Waals surface area contributed by atoms with E-state index in [1.54, 1.807) is 19.0 Å². The normalized spacial score (nSPS) is 21.8. The molecule has 1 atom stereocenters. The molecule has 0 radical (unpaired) electrons. The van der Waals surface area contributed by atoms with Gasteiger partial charge in [-0.15, -0.1) is 24.0 Å². The summed E-state index contributed by atoms with van der Waals surface area (Å²) in [6, 6.07) is 0.566. The molecule has 2 rings (SSSR count). The number of amides is 1. The summed E-state index contributed by atoms with van der Waals surface area (Å²) in [5, 5.41) is 3.44. The van der Waals surface area contributed by atoms with E-state index in [1.807, 2.05) is 0 Å². The quantitative estimate of drug-likeness (QED) is 0.272. The van der Waals surface area contributed by atoms with Crippen LogP contribution in [0.15, 0.2) is 4.99 Å². The topological polar surface area (TPSA) is 60.4 Å². The fourth-order valence-corrected chi connectivity index (χ4v) is 3.10. The van der Waals surface area contributed by atoms with Crippen molar-refractivity contribution >= 4 is 35.8 Å². The molecule has 0 aromatic rings. The largest absolute Gasteiger partial charge is 0.379 e. The molecule has 8 heteroatoms. The summed E-state index contributed by atoms with van der Waals surface area (Å²) < 4.78 is 5.45. The third-order valence-electron chi connectivity index (χ3n) is 4.70. The van der Waals surface area contributed by atoms with Gasteiger partial charge in [0.15, 0.2) is 5.96 Å². The van der Waals surface area contributed by atoms with Crippen molar-refractivity contribution in [2.24, 2.45) is 4.99 Å². The van der Waals surface area contributed by atoms with Gasteiger partial charge in [-0.1, -0.05) is 13.3 Å². The minimum atomic E-state index is 0. The van der Waals surface area contributed by atoms with Crippen molar-refractivity contribution in [3.63, 3.8) is 0 Å². The summed E-state index contributed by atoms with van der Waals surface area (Å²) in [5.74, 6) is 0.920. The number of halogens is 1. The number of unbranched alkanes of at least 4 members (excludes halogenated alkanes) is 1. The number of nitrogens with one attached hydrogen (secondary N) is 1. The van der Waals surface area contributed by atoms with Crippen LogP contribution in [-0.2, 0) is 9.53 Å². The molecule has 25 heavy (non-hydrogen) atoms. The molecule has 2 heterocycles. The number of likely N-dealkylation sites (tertiary alicyclic amines) is 1. The zero-order valence-corrected chi connectivity index (χ0v) is 18.2. The molecule has 1 amide bonds. The van der Waals surface area contributed by atoms with Crippen LogP contribution in [0.3, 0.4) is 0 Å². The van der Waals surface area contributed by atoms with Gasteiger partial charge in [-0.25, -0.2) is 4.99 Å². The molecule has 2 saturated heterocycles. The van der Waals surface area contributed by atoms with Crippen molar-refractivity contribution < 1.29 is 9.53 Å². The predicted octanol–water partition coefficient (Wildman–Crippen LogP) is 0.845. The Kier molecular flexibility index (Phi) is 10.7. The highest BCUT2D eigenvalue weighted by Crippen LogP contribution is 2.17. The fourth-order valence-electron chi connectivity index (χ4n) is 3.10. The Morgan fingerprint density at radius 1 is 1.28 bits per heavy atom. The molecular weight excluding hydrogens is 433 g/mol. The van der Waals surface area contributed by atoms with Crippen molar-refractivity contribution in [3.8, 4) is 0 Å². The van der Waals surface area contributed by atoms with Crippen molar-refractivity contribution in [1.82, 2.24) is 20.0 Å². The predicted molar refractivity (Wildman–Crippen MR) is 112 cm³/mol. The molecule has 1 unspecified atom stereocenters. The van der Waals surface area contributed by atoms with Crippen LogP contribution in [-0.4, -0.2) is 99.2 Å². The summed E-state index contributed by atoms with van der Waals surface area (Å²) >= 11 is 0. The maximum atomic E-state index is 11.9. The molecule has 2 aliphatic rings. The summed E-state index contributed by atoms with van der Waals surface area (Å²) in [5.41, 5.74) is 0. The Morgan fingerprint density at radius 2 is 2.00 bits per heavy atom. The summed E-state index contributed by atoms with van der Waals surface area (Å²) in [6.07, 6.45) is 3.41. The zero-order chi connectivity index (χ0) is 17.4. The molecule has 0 bridgehead atoms. The fraction of sp³-hybridized carbons (Fsp3) is 0.882. The number of carbonyl (C=O) groups excluding carboxylic acids is 1. The Hall–Kier alpha value is -0.610. The van der Waals surface area contributed by atoms with Crippen LogP contribution >= 0.6 is 24.0 Å². The number of carbonyl (C=O) groups is 1. The lowest BCUT2D eigenvalue weighted by atomic mass is 10.2. The molecule has 0 aromatic heterocycles. The Morgan fingerprint density at radius 3 is 2.64 bits per heavy atom. The van der Waals surface area contributed by atoms with Gasteiger partial charge in [0.25, 0.3) is 0 Å². The van der Waals surface area contributed by atoms with Gasteiger partial charge in [-0.3, -0.25) is 9.69 Å². The first-order valence-electron chi connectivity index (χ1n) is 9.17. The number of hydrogen-bond acceptors (Lipinski definition) is 4. The SMILES string of the molecule is CCCCNC(=NCC(=O)N(C)C)N1CCC(N2CCOCC2)C1.I. The van der Waals surface area contributed by atoms with E-state index in [-0.39, 0.29) is 36.4 Å². The van der Waals surface area contributed by atoms with Crippen molar-refractivity contribution in [2.45, 2.75) is 32.2 Å². The second-order valence-electron chi connectivity index (χ2n) is 6.75. The summed E-state index contributed by atoms with van der Waals surface area (Å²) in [6.45, 7) is 8.99. The van der Waals surface area contributed by atoms with E-state index >= 15 is 0 Å². The second-order valence-corrected chi connectivity index (χ2v) is 6.75. The van der Waals surface area contributed by atoms with Gasteiger partial charge in [0, 0.05) is 52.9 Å². The van der Waals surface area contributed by atoms with Crippen LogP contribution in [0, 0.1) is 0 Å². The van der Waals surface area contributed by atoms with Gasteiger partial charge in [0.2, 0.25) is 5.91 Å². The number of guanidine groups is 1. The maximum Gasteiger partial charge on any atom is 0.243 e. The Balaban J connectivity index is 0.00000312. The molecule has 0 spiro atoms. The number of nitrogens with zero attached hydrogens (tertiary/aromatic N) is 4. The van der Waals surface area contributed by atoms with Crippen LogP contribution in [0.1, 0.15) is 26.2 Å². The molecule has 1 N–H and O–H groups in total. The number of aliphatic imine (C=N–C) groups is 1. The summed E-state index contributed by atoms with van der Waals surface area (Å²) in [4.78, 5) is 22.9. The highest BCUT2D eigenvalue weighted by atomic mass is 127. The van der Waals surface area contributed by atoms with E-state index in [2.05, 4.69) is 27.0 Å².